The van der Waals surface area contributed by atoms with Crippen LogP contribution < -0.4 is 4.90 Å². The summed E-state index contributed by atoms with van der Waals surface area (Å²) in [6.07, 6.45) is 2.99. The van der Waals surface area contributed by atoms with Crippen LogP contribution in [0.2, 0.25) is 0 Å². The van der Waals surface area contributed by atoms with Crippen molar-refractivity contribution < 1.29 is 4.79 Å². The second-order valence-electron chi connectivity index (χ2n) is 6.53. The average Bonchev–Trinajstić information content (AvgIpc) is 3.18. The third kappa shape index (κ3) is 1.77. The first-order valence-electron chi connectivity index (χ1n) is 7.82. The molecule has 1 aromatic heterocycles. The number of likely N-dealkylation sites (N-methyl/N-ethyl adjacent to an activating group) is 1. The van der Waals surface area contributed by atoms with Crippen LogP contribution in [0.5, 0.6) is 0 Å². The fourth-order valence-corrected chi connectivity index (χ4v) is 4.02. The van der Waals surface area contributed by atoms with Gasteiger partial charge in [-0.1, -0.05) is 18.2 Å². The van der Waals surface area contributed by atoms with Gasteiger partial charge in [0.05, 0.1) is 5.41 Å². The Bertz CT molecular complexity index is 735. The molecule has 0 aliphatic carbocycles. The number of aryl methyl sites for hydroxylation is 1. The Morgan fingerprint density at radius 3 is 2.73 bits per heavy atom. The summed E-state index contributed by atoms with van der Waals surface area (Å²) in [7, 11) is 3.97. The molecule has 2 aromatic rings. The summed E-state index contributed by atoms with van der Waals surface area (Å²) in [4.78, 5) is 17.1. The lowest BCUT2D eigenvalue weighted by Crippen LogP contribution is -2.41. The van der Waals surface area contributed by atoms with E-state index in [4.69, 9.17) is 0 Å². The summed E-state index contributed by atoms with van der Waals surface area (Å²) in [6, 6.07) is 12.5. The number of rotatable bonds is 2. The van der Waals surface area contributed by atoms with E-state index in [1.807, 2.05) is 24.1 Å². The van der Waals surface area contributed by atoms with Crippen molar-refractivity contribution >= 4 is 11.6 Å². The molecule has 1 aromatic carbocycles. The summed E-state index contributed by atoms with van der Waals surface area (Å²) in [5.74, 6) is 0.253. The van der Waals surface area contributed by atoms with Crippen LogP contribution in [-0.4, -0.2) is 35.5 Å². The standard InChI is InChI=1S/C18H21N3O/c1-19-10-5-6-14(19)12-21-11-9-18(13-21)15-7-3-4-8-16(15)20(2)17(18)22/h3-8,10H,9,11-13H2,1-2H3. The summed E-state index contributed by atoms with van der Waals surface area (Å²) in [5.41, 5.74) is 3.24. The quantitative estimate of drug-likeness (QED) is 0.849. The van der Waals surface area contributed by atoms with Gasteiger partial charge < -0.3 is 9.47 Å². The Labute approximate surface area is 130 Å². The predicted molar refractivity (Wildman–Crippen MR) is 86.8 cm³/mol. The summed E-state index contributed by atoms with van der Waals surface area (Å²) in [6.45, 7) is 2.70. The Hall–Kier alpha value is -2.07. The van der Waals surface area contributed by atoms with Crippen molar-refractivity contribution in [2.24, 2.45) is 7.05 Å². The van der Waals surface area contributed by atoms with Crippen LogP contribution >= 0.6 is 0 Å². The van der Waals surface area contributed by atoms with Crippen LogP contribution in [-0.2, 0) is 23.8 Å². The second kappa shape index (κ2) is 4.71. The minimum atomic E-state index is -0.337. The molecule has 0 bridgehead atoms. The fourth-order valence-electron chi connectivity index (χ4n) is 4.02. The zero-order valence-corrected chi connectivity index (χ0v) is 13.1. The van der Waals surface area contributed by atoms with Crippen LogP contribution in [0.1, 0.15) is 17.7 Å². The number of aromatic nitrogens is 1. The van der Waals surface area contributed by atoms with E-state index in [2.05, 4.69) is 47.0 Å². The minimum Gasteiger partial charge on any atom is -0.353 e. The number of para-hydroxylation sites is 1. The van der Waals surface area contributed by atoms with E-state index in [0.717, 1.165) is 31.7 Å². The third-order valence-corrected chi connectivity index (χ3v) is 5.28. The summed E-state index contributed by atoms with van der Waals surface area (Å²) < 4.78 is 2.15. The van der Waals surface area contributed by atoms with Gasteiger partial charge in [0.15, 0.2) is 0 Å². The normalized spacial score (nSPS) is 24.5. The number of benzene rings is 1. The van der Waals surface area contributed by atoms with Crippen LogP contribution in [0.15, 0.2) is 42.6 Å². The van der Waals surface area contributed by atoms with Crippen molar-refractivity contribution in [3.63, 3.8) is 0 Å². The van der Waals surface area contributed by atoms with Crippen molar-refractivity contribution in [1.82, 2.24) is 9.47 Å². The monoisotopic (exact) mass is 295 g/mol. The molecular weight excluding hydrogens is 274 g/mol. The maximum atomic E-state index is 12.9. The van der Waals surface area contributed by atoms with Crippen molar-refractivity contribution in [3.8, 4) is 0 Å². The average molecular weight is 295 g/mol. The van der Waals surface area contributed by atoms with Crippen LogP contribution in [0.3, 0.4) is 0 Å². The second-order valence-corrected chi connectivity index (χ2v) is 6.53. The zero-order chi connectivity index (χ0) is 15.3. The van der Waals surface area contributed by atoms with Gasteiger partial charge >= 0.3 is 0 Å². The maximum Gasteiger partial charge on any atom is 0.238 e. The van der Waals surface area contributed by atoms with E-state index in [-0.39, 0.29) is 11.3 Å². The number of fused-ring (bicyclic) bond motifs is 2. The van der Waals surface area contributed by atoms with Gasteiger partial charge in [-0.05, 0) is 30.2 Å². The van der Waals surface area contributed by atoms with Gasteiger partial charge in [0.25, 0.3) is 0 Å². The van der Waals surface area contributed by atoms with Crippen molar-refractivity contribution in [1.29, 1.82) is 0 Å². The molecule has 2 aliphatic heterocycles. The third-order valence-electron chi connectivity index (χ3n) is 5.28. The Balaban J connectivity index is 1.64. The van der Waals surface area contributed by atoms with Crippen LogP contribution in [0, 0.1) is 0 Å². The molecule has 114 valence electrons. The van der Waals surface area contributed by atoms with Gasteiger partial charge in [-0.25, -0.2) is 0 Å². The molecule has 4 rings (SSSR count). The van der Waals surface area contributed by atoms with E-state index in [1.54, 1.807) is 0 Å². The highest BCUT2D eigenvalue weighted by atomic mass is 16.2. The lowest BCUT2D eigenvalue weighted by Gasteiger charge is -2.23. The van der Waals surface area contributed by atoms with E-state index >= 15 is 0 Å². The number of nitrogens with zero attached hydrogens (tertiary/aromatic N) is 3. The molecule has 22 heavy (non-hydrogen) atoms. The highest BCUT2D eigenvalue weighted by molar-refractivity contribution is 6.08. The number of likely N-dealkylation sites (tertiary alicyclic amines) is 1. The lowest BCUT2D eigenvalue weighted by molar-refractivity contribution is -0.122. The molecule has 1 saturated heterocycles. The van der Waals surface area contributed by atoms with Gasteiger partial charge in [-0.15, -0.1) is 0 Å². The predicted octanol–water partition coefficient (Wildman–Crippen LogP) is 2.15. The minimum absolute atomic E-state index is 0.253. The first kappa shape index (κ1) is 13.6. The molecule has 0 radical (unpaired) electrons. The number of carbonyl (C=O) groups is 1. The molecule has 1 unspecified atom stereocenters. The van der Waals surface area contributed by atoms with Gasteiger partial charge in [-0.2, -0.15) is 0 Å². The molecule has 1 atom stereocenters. The zero-order valence-electron chi connectivity index (χ0n) is 13.1. The maximum absolute atomic E-state index is 12.9. The lowest BCUT2D eigenvalue weighted by atomic mass is 9.81. The number of amides is 1. The first-order chi connectivity index (χ1) is 10.6. The van der Waals surface area contributed by atoms with Crippen molar-refractivity contribution in [2.75, 3.05) is 25.0 Å². The number of carbonyl (C=O) groups excluding carboxylic acids is 1. The summed E-state index contributed by atoms with van der Waals surface area (Å²) >= 11 is 0. The van der Waals surface area contributed by atoms with E-state index < -0.39 is 0 Å². The highest BCUT2D eigenvalue weighted by Crippen LogP contribution is 2.46. The fraction of sp³-hybridized carbons (Fsp3) is 0.389. The smallest absolute Gasteiger partial charge is 0.238 e. The summed E-state index contributed by atoms with van der Waals surface area (Å²) in [5, 5.41) is 0. The Morgan fingerprint density at radius 1 is 1.14 bits per heavy atom. The molecule has 0 N–H and O–H groups in total. The molecule has 1 fully saturated rings. The van der Waals surface area contributed by atoms with Gasteiger partial charge in [-0.3, -0.25) is 9.69 Å². The van der Waals surface area contributed by atoms with E-state index in [1.165, 1.54) is 11.3 Å². The molecule has 2 aliphatic rings. The molecule has 3 heterocycles. The SMILES string of the molecule is CN1C(=O)C2(CCN(Cc3cccn3C)C2)c2ccccc21. The van der Waals surface area contributed by atoms with E-state index in [9.17, 15) is 4.79 Å². The highest BCUT2D eigenvalue weighted by Gasteiger charge is 2.53. The molecular formula is C18H21N3O. The molecule has 1 spiro atoms. The van der Waals surface area contributed by atoms with Gasteiger partial charge in [0.1, 0.15) is 0 Å². The van der Waals surface area contributed by atoms with Gasteiger partial charge in [0.2, 0.25) is 5.91 Å². The topological polar surface area (TPSA) is 28.5 Å². The first-order valence-corrected chi connectivity index (χ1v) is 7.82. The van der Waals surface area contributed by atoms with Crippen molar-refractivity contribution in [3.05, 3.63) is 53.9 Å². The molecule has 4 nitrogen and oxygen atoms in total. The number of hydrogen-bond donors (Lipinski definition) is 0. The Morgan fingerprint density at radius 2 is 1.95 bits per heavy atom. The van der Waals surface area contributed by atoms with Crippen LogP contribution in [0.25, 0.3) is 0 Å². The number of hydrogen-bond acceptors (Lipinski definition) is 2. The van der Waals surface area contributed by atoms with E-state index in [0.29, 0.717) is 0 Å². The number of anilines is 1. The largest absolute Gasteiger partial charge is 0.353 e. The van der Waals surface area contributed by atoms with Crippen molar-refractivity contribution in [2.45, 2.75) is 18.4 Å². The Kier molecular flexibility index (Phi) is 2.91. The molecule has 0 saturated carbocycles. The molecule has 4 heteroatoms. The van der Waals surface area contributed by atoms with Crippen LogP contribution in [0.4, 0.5) is 5.69 Å². The molecule has 1 amide bonds. The van der Waals surface area contributed by atoms with Gasteiger partial charge in [0, 0.05) is 51.3 Å².